The second-order valence-electron chi connectivity index (χ2n) is 6.89. The van der Waals surface area contributed by atoms with Gasteiger partial charge >= 0.3 is 0 Å². The van der Waals surface area contributed by atoms with Crippen molar-refractivity contribution in [1.29, 1.82) is 0 Å². The average Bonchev–Trinajstić information content (AvgIpc) is 2.74. The number of nitrogens with one attached hydrogen (secondary N) is 1. The monoisotopic (exact) mass is 476 g/mol. The molecule has 1 N–H and O–H groups in total. The van der Waals surface area contributed by atoms with E-state index in [1.54, 1.807) is 18.1 Å². The highest BCUT2D eigenvalue weighted by atomic mass is 79.9. The fourth-order valence-corrected chi connectivity index (χ4v) is 3.32. The zero-order valence-corrected chi connectivity index (χ0v) is 19.5. The van der Waals surface area contributed by atoms with Gasteiger partial charge in [0.05, 0.1) is 7.11 Å². The van der Waals surface area contributed by atoms with E-state index in [4.69, 9.17) is 9.47 Å². The molecule has 0 bridgehead atoms. The third-order valence-electron chi connectivity index (χ3n) is 4.74. The topological polar surface area (TPSA) is 67.9 Å². The maximum absolute atomic E-state index is 13.1. The first-order valence-corrected chi connectivity index (χ1v) is 10.8. The number of amides is 2. The van der Waals surface area contributed by atoms with Gasteiger partial charge in [-0.2, -0.15) is 0 Å². The molecule has 2 amide bonds. The molecule has 2 aromatic rings. The molecule has 6 nitrogen and oxygen atoms in total. The highest BCUT2D eigenvalue weighted by molar-refractivity contribution is 9.10. The van der Waals surface area contributed by atoms with Crippen molar-refractivity contribution in [3.05, 3.63) is 58.1 Å². The van der Waals surface area contributed by atoms with Crippen LogP contribution in [0, 0.1) is 6.92 Å². The number of rotatable bonds is 10. The number of ether oxygens (including phenoxy) is 2. The number of aryl methyl sites for hydroxylation is 1. The molecule has 1 atom stereocenters. The predicted molar refractivity (Wildman–Crippen MR) is 121 cm³/mol. The summed E-state index contributed by atoms with van der Waals surface area (Å²) >= 11 is 3.45. The Balaban J connectivity index is 2.19. The van der Waals surface area contributed by atoms with E-state index in [0.29, 0.717) is 25.3 Å². The number of methoxy groups -OCH3 is 1. The van der Waals surface area contributed by atoms with E-state index in [9.17, 15) is 9.59 Å². The summed E-state index contributed by atoms with van der Waals surface area (Å²) in [5, 5.41) is 2.82. The van der Waals surface area contributed by atoms with Crippen LogP contribution in [0.2, 0.25) is 0 Å². The van der Waals surface area contributed by atoms with E-state index < -0.39 is 6.04 Å². The van der Waals surface area contributed by atoms with Crippen LogP contribution in [0.15, 0.2) is 46.9 Å². The molecule has 0 aliphatic rings. The van der Waals surface area contributed by atoms with Crippen molar-refractivity contribution in [3.63, 3.8) is 0 Å². The maximum Gasteiger partial charge on any atom is 0.261 e. The van der Waals surface area contributed by atoms with E-state index in [2.05, 4.69) is 21.2 Å². The summed E-state index contributed by atoms with van der Waals surface area (Å²) < 4.78 is 11.9. The standard InChI is InChI=1S/C23H29BrN2O4/c1-5-21(23(28)25-6-2)26(14-17-7-9-18(29-4)10-8-17)22(27)15-30-19-11-12-20(24)16(3)13-19/h7-13,21H,5-6,14-15H2,1-4H3,(H,25,28). The van der Waals surface area contributed by atoms with Crippen LogP contribution < -0.4 is 14.8 Å². The first-order chi connectivity index (χ1) is 14.4. The minimum absolute atomic E-state index is 0.146. The Hall–Kier alpha value is -2.54. The Morgan fingerprint density at radius 1 is 1.10 bits per heavy atom. The number of carbonyl (C=O) groups excluding carboxylic acids is 2. The predicted octanol–water partition coefficient (Wildman–Crippen LogP) is 4.09. The Kier molecular flexibility index (Phi) is 9.17. The van der Waals surface area contributed by atoms with Gasteiger partial charge in [0, 0.05) is 17.6 Å². The SMILES string of the molecule is CCNC(=O)C(CC)N(Cc1ccc(OC)cc1)C(=O)COc1ccc(Br)c(C)c1. The lowest BCUT2D eigenvalue weighted by Crippen LogP contribution is -2.50. The molecule has 0 aromatic heterocycles. The van der Waals surface area contributed by atoms with Crippen LogP contribution in [0.25, 0.3) is 0 Å². The lowest BCUT2D eigenvalue weighted by molar-refractivity contribution is -0.142. The third kappa shape index (κ3) is 6.49. The molecular weight excluding hydrogens is 448 g/mol. The van der Waals surface area contributed by atoms with Crippen molar-refractivity contribution < 1.29 is 19.1 Å². The summed E-state index contributed by atoms with van der Waals surface area (Å²) in [4.78, 5) is 27.3. The second-order valence-corrected chi connectivity index (χ2v) is 7.74. The number of nitrogens with zero attached hydrogens (tertiary/aromatic N) is 1. The number of halogens is 1. The highest BCUT2D eigenvalue weighted by Crippen LogP contribution is 2.22. The smallest absolute Gasteiger partial charge is 0.261 e. The molecule has 1 unspecified atom stereocenters. The van der Waals surface area contributed by atoms with Crippen LogP contribution in [0.5, 0.6) is 11.5 Å². The zero-order chi connectivity index (χ0) is 22.1. The number of hydrogen-bond donors (Lipinski definition) is 1. The summed E-state index contributed by atoms with van der Waals surface area (Å²) in [5.41, 5.74) is 1.93. The normalized spacial score (nSPS) is 11.5. The Morgan fingerprint density at radius 2 is 1.77 bits per heavy atom. The summed E-state index contributed by atoms with van der Waals surface area (Å²) in [6.45, 7) is 6.38. The molecule has 30 heavy (non-hydrogen) atoms. The van der Waals surface area contributed by atoms with Gasteiger partial charge in [0.1, 0.15) is 17.5 Å². The van der Waals surface area contributed by atoms with Gasteiger partial charge in [-0.3, -0.25) is 9.59 Å². The molecule has 2 rings (SSSR count). The van der Waals surface area contributed by atoms with Crippen molar-refractivity contribution in [1.82, 2.24) is 10.2 Å². The van der Waals surface area contributed by atoms with Gasteiger partial charge in [-0.25, -0.2) is 0 Å². The molecule has 0 heterocycles. The van der Waals surface area contributed by atoms with Crippen LogP contribution in [-0.4, -0.2) is 43.0 Å². The van der Waals surface area contributed by atoms with E-state index in [1.807, 2.05) is 57.2 Å². The van der Waals surface area contributed by atoms with Crippen molar-refractivity contribution in [2.75, 3.05) is 20.3 Å². The van der Waals surface area contributed by atoms with Gasteiger partial charge < -0.3 is 19.7 Å². The quantitative estimate of drug-likeness (QED) is 0.560. The summed E-state index contributed by atoms with van der Waals surface area (Å²) in [5.74, 6) is 0.937. The molecule has 162 valence electrons. The number of carbonyl (C=O) groups is 2. The third-order valence-corrected chi connectivity index (χ3v) is 5.63. The largest absolute Gasteiger partial charge is 0.497 e. The molecule has 0 aliphatic heterocycles. The van der Waals surface area contributed by atoms with Crippen molar-refractivity contribution >= 4 is 27.7 Å². The lowest BCUT2D eigenvalue weighted by atomic mass is 10.1. The molecule has 7 heteroatoms. The van der Waals surface area contributed by atoms with Crippen LogP contribution in [0.1, 0.15) is 31.4 Å². The fraction of sp³-hybridized carbons (Fsp3) is 0.391. The van der Waals surface area contributed by atoms with Gasteiger partial charge in [0.25, 0.3) is 5.91 Å². The molecule has 0 saturated carbocycles. The number of benzene rings is 2. The van der Waals surface area contributed by atoms with Crippen LogP contribution >= 0.6 is 15.9 Å². The number of likely N-dealkylation sites (N-methyl/N-ethyl adjacent to an activating group) is 1. The highest BCUT2D eigenvalue weighted by Gasteiger charge is 2.28. The Labute approximate surface area is 186 Å². The molecule has 2 aromatic carbocycles. The Bertz CT molecular complexity index is 855. The average molecular weight is 477 g/mol. The fourth-order valence-electron chi connectivity index (χ4n) is 3.07. The van der Waals surface area contributed by atoms with Crippen LogP contribution in [0.3, 0.4) is 0 Å². The van der Waals surface area contributed by atoms with E-state index >= 15 is 0 Å². The number of hydrogen-bond acceptors (Lipinski definition) is 4. The summed E-state index contributed by atoms with van der Waals surface area (Å²) in [7, 11) is 1.61. The van der Waals surface area contributed by atoms with Gasteiger partial charge in [0.15, 0.2) is 6.61 Å². The molecule has 0 saturated heterocycles. The van der Waals surface area contributed by atoms with Crippen LogP contribution in [0.4, 0.5) is 0 Å². The van der Waals surface area contributed by atoms with Gasteiger partial charge in [0.2, 0.25) is 5.91 Å². The van der Waals surface area contributed by atoms with Crippen molar-refractivity contribution in [3.8, 4) is 11.5 Å². The first-order valence-electron chi connectivity index (χ1n) is 9.98. The maximum atomic E-state index is 13.1. The summed E-state index contributed by atoms with van der Waals surface area (Å²) in [6, 6.07) is 12.4. The van der Waals surface area contributed by atoms with E-state index in [0.717, 1.165) is 21.3 Å². The van der Waals surface area contributed by atoms with E-state index in [1.165, 1.54) is 0 Å². The van der Waals surface area contributed by atoms with Gasteiger partial charge in [-0.05, 0) is 61.7 Å². The Morgan fingerprint density at radius 3 is 2.33 bits per heavy atom. The lowest BCUT2D eigenvalue weighted by Gasteiger charge is -2.30. The molecule has 0 aliphatic carbocycles. The first kappa shape index (κ1) is 23.7. The zero-order valence-electron chi connectivity index (χ0n) is 17.9. The molecule has 0 fully saturated rings. The van der Waals surface area contributed by atoms with Crippen LogP contribution in [-0.2, 0) is 16.1 Å². The van der Waals surface area contributed by atoms with E-state index in [-0.39, 0.29) is 18.4 Å². The minimum atomic E-state index is -0.574. The summed E-state index contributed by atoms with van der Waals surface area (Å²) in [6.07, 6.45) is 0.505. The molecule has 0 radical (unpaired) electrons. The minimum Gasteiger partial charge on any atom is -0.497 e. The molecule has 0 spiro atoms. The van der Waals surface area contributed by atoms with Gasteiger partial charge in [-0.15, -0.1) is 0 Å². The van der Waals surface area contributed by atoms with Gasteiger partial charge in [-0.1, -0.05) is 35.0 Å². The second kappa shape index (κ2) is 11.6. The van der Waals surface area contributed by atoms with Crippen molar-refractivity contribution in [2.45, 2.75) is 39.8 Å². The van der Waals surface area contributed by atoms with Crippen molar-refractivity contribution in [2.24, 2.45) is 0 Å². The molecular formula is C23H29BrN2O4.